The average molecular weight is 291 g/mol. The van der Waals surface area contributed by atoms with Crippen molar-refractivity contribution in [3.63, 3.8) is 0 Å². The summed E-state index contributed by atoms with van der Waals surface area (Å²) in [4.78, 5) is 0. The third-order valence-electron chi connectivity index (χ3n) is 1.81. The van der Waals surface area contributed by atoms with Crippen molar-refractivity contribution in [3.05, 3.63) is 0 Å². The third-order valence-corrected chi connectivity index (χ3v) is 10.8. The quantitative estimate of drug-likeness (QED) is 0.532. The van der Waals surface area contributed by atoms with Crippen LogP contribution in [0.2, 0.25) is 4.51 Å². The minimum absolute atomic E-state index is 0.148. The average Bonchev–Trinajstić information content (AvgIpc) is 1.88. The van der Waals surface area contributed by atoms with E-state index in [-0.39, 0.29) is 13.6 Å². The van der Waals surface area contributed by atoms with E-state index >= 15 is 0 Å². The fourth-order valence-electron chi connectivity index (χ4n) is 1.23. The van der Waals surface area contributed by atoms with E-state index in [2.05, 4.69) is 26.7 Å². The summed E-state index contributed by atoms with van der Waals surface area (Å²) in [5.41, 5.74) is 0. The Balaban J connectivity index is 2.23. The number of halogens is 1. The Labute approximate surface area is 74.7 Å². The van der Waals surface area contributed by atoms with Crippen molar-refractivity contribution in [1.82, 2.24) is 0 Å². The van der Waals surface area contributed by atoms with Gasteiger partial charge in [0.2, 0.25) is 0 Å². The summed E-state index contributed by atoms with van der Waals surface area (Å²) < 4.78 is 6.55. The van der Waals surface area contributed by atoms with Crippen LogP contribution < -0.4 is 0 Å². The fraction of sp³-hybridized carbons (Fsp3) is 1.00. The molecule has 1 heterocycles. The first-order valence-corrected chi connectivity index (χ1v) is 14.3. The van der Waals surface area contributed by atoms with Crippen molar-refractivity contribution in [2.75, 3.05) is 6.61 Å². The van der Waals surface area contributed by atoms with Crippen molar-refractivity contribution >= 4 is 19.8 Å². The molecular weight excluding hydrogens is 280 g/mol. The second-order valence-electron chi connectivity index (χ2n) is 2.73. The Kier molecular flexibility index (Phi) is 3.97. The number of ether oxygens (including phenoxy) is 1. The van der Waals surface area contributed by atoms with E-state index < -0.39 is 0 Å². The van der Waals surface area contributed by atoms with Gasteiger partial charge in [0, 0.05) is 0 Å². The summed E-state index contributed by atoms with van der Waals surface area (Å²) in [5.74, 6) is 0. The van der Waals surface area contributed by atoms with Crippen LogP contribution in [0.25, 0.3) is 0 Å². The zero-order chi connectivity index (χ0) is 6.69. The summed E-state index contributed by atoms with van der Waals surface area (Å²) in [6, 6.07) is 0. The monoisotopic (exact) mass is 290 g/mol. The number of hydrogen-bond acceptors (Lipinski definition) is 1. The first-order valence-electron chi connectivity index (χ1n) is 3.50. The molecule has 0 aromatic rings. The maximum atomic E-state index is 5.44. The topological polar surface area (TPSA) is 9.23 Å². The predicted molar refractivity (Wildman–Crippen MR) is 42.4 cm³/mol. The van der Waals surface area contributed by atoms with Crippen LogP contribution in [-0.4, -0.2) is 12.7 Å². The van der Waals surface area contributed by atoms with E-state index in [0.717, 1.165) is 11.1 Å². The van der Waals surface area contributed by atoms with Crippen molar-refractivity contribution in [2.45, 2.75) is 30.4 Å². The molecule has 3 heteroatoms. The van der Waals surface area contributed by atoms with Gasteiger partial charge in [0.15, 0.2) is 0 Å². The fourth-order valence-corrected chi connectivity index (χ4v) is 7.31. The van der Waals surface area contributed by atoms with Gasteiger partial charge in [-0.05, 0) is 0 Å². The second kappa shape index (κ2) is 4.25. The van der Waals surface area contributed by atoms with Gasteiger partial charge in [-0.3, -0.25) is 0 Å². The van der Waals surface area contributed by atoms with Gasteiger partial charge in [-0.15, -0.1) is 0 Å². The zero-order valence-corrected chi connectivity index (χ0v) is 10.9. The Bertz CT molecular complexity index is 89.1. The van der Waals surface area contributed by atoms with Crippen molar-refractivity contribution in [1.29, 1.82) is 0 Å². The van der Waals surface area contributed by atoms with E-state index in [1.54, 1.807) is 0 Å². The second-order valence-corrected chi connectivity index (χ2v) is 10.4. The summed E-state index contributed by atoms with van der Waals surface area (Å²) in [6.45, 7) is 3.22. The van der Waals surface area contributed by atoms with E-state index in [9.17, 15) is 0 Å². The molecule has 0 aromatic heterocycles. The molecule has 0 amide bonds. The molecule has 0 radical (unpaired) electrons. The van der Waals surface area contributed by atoms with Crippen LogP contribution in [0.4, 0.5) is 0 Å². The van der Waals surface area contributed by atoms with Crippen molar-refractivity contribution in [2.24, 2.45) is 0 Å². The molecule has 1 unspecified atom stereocenters. The number of rotatable bonds is 1. The molecule has 1 nitrogen and oxygen atoms in total. The standard InChI is InChI=1S/C6H11O.HI.Zn/c1-6-4-2-3-5-7-6;;/h2,6H,3-5H2,1H3;1H;/q;;+1/p-1/t6-;;/m0../s1. The molecule has 50 valence electrons. The minimum atomic E-state index is -0.148. The molecule has 2 atom stereocenters. The molecule has 1 rings (SSSR count). The van der Waals surface area contributed by atoms with Crippen LogP contribution >= 0.6 is 19.8 Å². The van der Waals surface area contributed by atoms with Crippen LogP contribution in [0.15, 0.2) is 0 Å². The van der Waals surface area contributed by atoms with Gasteiger partial charge in [-0.25, -0.2) is 0 Å². The summed E-state index contributed by atoms with van der Waals surface area (Å²) in [7, 11) is 0. The van der Waals surface area contributed by atoms with Gasteiger partial charge in [0.25, 0.3) is 0 Å². The Morgan fingerprint density at radius 2 is 2.44 bits per heavy atom. The first kappa shape index (κ1) is 8.41. The van der Waals surface area contributed by atoms with Gasteiger partial charge in [0.1, 0.15) is 0 Å². The molecule has 0 aliphatic carbocycles. The van der Waals surface area contributed by atoms with Crippen LogP contribution in [0.5, 0.6) is 0 Å². The van der Waals surface area contributed by atoms with E-state index in [4.69, 9.17) is 4.74 Å². The van der Waals surface area contributed by atoms with Crippen LogP contribution in [0, 0.1) is 0 Å². The van der Waals surface area contributed by atoms with Gasteiger partial charge in [-0.1, -0.05) is 0 Å². The van der Waals surface area contributed by atoms with Gasteiger partial charge < -0.3 is 0 Å². The van der Waals surface area contributed by atoms with E-state index in [0.29, 0.717) is 6.10 Å². The molecule has 0 saturated carbocycles. The molecule has 0 N–H and O–H groups in total. The Morgan fingerprint density at radius 3 is 2.89 bits per heavy atom. The normalized spacial score (nSPS) is 35.8. The van der Waals surface area contributed by atoms with E-state index in [1.807, 2.05) is 0 Å². The Hall–Kier alpha value is 1.31. The molecule has 0 bridgehead atoms. The molecule has 0 spiro atoms. The number of hydrogen-bond donors (Lipinski definition) is 0. The van der Waals surface area contributed by atoms with Gasteiger partial charge in [0.05, 0.1) is 0 Å². The Morgan fingerprint density at radius 1 is 1.67 bits per heavy atom. The first-order chi connectivity index (χ1) is 4.33. The molecule has 0 aromatic carbocycles. The molecular formula is C6H11IOZn. The third kappa shape index (κ3) is 2.81. The van der Waals surface area contributed by atoms with E-state index in [1.165, 1.54) is 12.8 Å². The van der Waals surface area contributed by atoms with Crippen molar-refractivity contribution in [3.8, 4) is 0 Å². The van der Waals surface area contributed by atoms with Crippen LogP contribution in [0.1, 0.15) is 19.8 Å². The summed E-state index contributed by atoms with van der Waals surface area (Å²) in [5, 5.41) is 0. The zero-order valence-electron chi connectivity index (χ0n) is 5.77. The summed E-state index contributed by atoms with van der Waals surface area (Å²) >= 11 is 2.50. The molecule has 1 aliphatic rings. The van der Waals surface area contributed by atoms with Gasteiger partial charge in [-0.2, -0.15) is 0 Å². The van der Waals surface area contributed by atoms with Gasteiger partial charge >= 0.3 is 75.1 Å². The van der Waals surface area contributed by atoms with Crippen LogP contribution in [-0.2, 0) is 18.3 Å². The van der Waals surface area contributed by atoms with Crippen molar-refractivity contribution < 1.29 is 18.3 Å². The maximum absolute atomic E-state index is 5.44. The molecule has 1 aliphatic heterocycles. The summed E-state index contributed by atoms with van der Waals surface area (Å²) in [6.07, 6.45) is 3.26. The molecule has 1 fully saturated rings. The predicted octanol–water partition coefficient (Wildman–Crippen LogP) is 2.41. The van der Waals surface area contributed by atoms with Crippen LogP contribution in [0.3, 0.4) is 0 Å². The molecule has 1 saturated heterocycles. The SMILES string of the molecule is C[C@H]1C[CH]([Zn][I])CCO1. The molecule has 9 heavy (non-hydrogen) atoms.